The molecular formula is C19H26FIN4OS. The molecule has 0 saturated carbocycles. The minimum absolute atomic E-state index is 0. The predicted octanol–water partition coefficient (Wildman–Crippen LogP) is 3.79. The zero-order valence-electron chi connectivity index (χ0n) is 15.8. The molecule has 8 heteroatoms. The molecule has 27 heavy (non-hydrogen) atoms. The van der Waals surface area contributed by atoms with Crippen LogP contribution in [0.15, 0.2) is 35.5 Å². The van der Waals surface area contributed by atoms with Crippen molar-refractivity contribution in [2.75, 3.05) is 26.7 Å². The first-order chi connectivity index (χ1) is 12.5. The minimum atomic E-state index is -0.232. The number of aryl methyl sites for hydroxylation is 1. The van der Waals surface area contributed by atoms with Gasteiger partial charge in [0, 0.05) is 37.6 Å². The Bertz CT molecular complexity index is 752. The Morgan fingerprint density at radius 3 is 2.74 bits per heavy atom. The van der Waals surface area contributed by atoms with E-state index in [1.807, 2.05) is 13.1 Å². The van der Waals surface area contributed by atoms with Gasteiger partial charge in [-0.25, -0.2) is 9.37 Å². The first kappa shape index (κ1) is 22.0. The predicted molar refractivity (Wildman–Crippen MR) is 119 cm³/mol. The Labute approximate surface area is 181 Å². The highest BCUT2D eigenvalue weighted by Gasteiger charge is 2.28. The molecule has 0 bridgehead atoms. The van der Waals surface area contributed by atoms with Gasteiger partial charge in [-0.05, 0) is 31.5 Å². The molecule has 2 atom stereocenters. The Hall–Kier alpha value is -1.26. The molecule has 1 aromatic carbocycles. The summed E-state index contributed by atoms with van der Waals surface area (Å²) in [6.45, 7) is 6.36. The van der Waals surface area contributed by atoms with Gasteiger partial charge in [-0.3, -0.25) is 4.99 Å². The number of nitrogens with zero attached hydrogens (tertiary/aromatic N) is 3. The van der Waals surface area contributed by atoms with Crippen LogP contribution < -0.4 is 5.32 Å². The van der Waals surface area contributed by atoms with Crippen molar-refractivity contribution in [1.82, 2.24) is 15.2 Å². The van der Waals surface area contributed by atoms with E-state index in [1.165, 1.54) is 17.0 Å². The molecule has 1 aliphatic rings. The van der Waals surface area contributed by atoms with E-state index in [-0.39, 0.29) is 42.0 Å². The van der Waals surface area contributed by atoms with Crippen LogP contribution in [0.4, 0.5) is 4.39 Å². The number of hydrogen-bond donors (Lipinski definition) is 1. The molecule has 2 heterocycles. The number of aromatic nitrogens is 1. The van der Waals surface area contributed by atoms with Crippen LogP contribution in [0, 0.1) is 12.7 Å². The summed E-state index contributed by atoms with van der Waals surface area (Å²) >= 11 is 1.73. The van der Waals surface area contributed by atoms with E-state index in [4.69, 9.17) is 4.74 Å². The third-order valence-electron chi connectivity index (χ3n) is 4.30. The largest absolute Gasteiger partial charge is 0.367 e. The molecule has 0 radical (unpaired) electrons. The van der Waals surface area contributed by atoms with Crippen LogP contribution in [0.5, 0.6) is 0 Å². The Morgan fingerprint density at radius 2 is 2.11 bits per heavy atom. The van der Waals surface area contributed by atoms with Crippen molar-refractivity contribution < 1.29 is 9.13 Å². The average molecular weight is 504 g/mol. The molecule has 5 nitrogen and oxygen atoms in total. The van der Waals surface area contributed by atoms with E-state index in [0.717, 1.165) is 36.0 Å². The zero-order chi connectivity index (χ0) is 18.5. The lowest BCUT2D eigenvalue weighted by Gasteiger charge is -2.38. The summed E-state index contributed by atoms with van der Waals surface area (Å²) in [7, 11) is 1.79. The standard InChI is InChI=1S/C19H25FN4OS.HI/c1-13-11-24(12-17(25-13)15-4-6-16(20)7-5-15)19(21-3)22-9-8-18-23-10-14(2)26-18;/h4-7,10,13,17H,8-9,11-12H2,1-3H3,(H,21,22);1H. The van der Waals surface area contributed by atoms with Crippen molar-refractivity contribution in [1.29, 1.82) is 0 Å². The summed E-state index contributed by atoms with van der Waals surface area (Å²) in [5.41, 5.74) is 0.983. The fourth-order valence-corrected chi connectivity index (χ4v) is 3.90. The maximum absolute atomic E-state index is 13.2. The van der Waals surface area contributed by atoms with Crippen LogP contribution >= 0.6 is 35.3 Å². The van der Waals surface area contributed by atoms with Crippen molar-refractivity contribution in [3.8, 4) is 0 Å². The molecule has 1 aromatic heterocycles. The molecule has 2 aromatic rings. The number of hydrogen-bond acceptors (Lipinski definition) is 4. The summed E-state index contributed by atoms with van der Waals surface area (Å²) in [6.07, 6.45) is 2.75. The lowest BCUT2D eigenvalue weighted by atomic mass is 10.1. The Balaban J connectivity index is 0.00000261. The summed E-state index contributed by atoms with van der Waals surface area (Å²) in [6, 6.07) is 6.53. The lowest BCUT2D eigenvalue weighted by molar-refractivity contribution is -0.0604. The first-order valence-corrected chi connectivity index (χ1v) is 9.64. The van der Waals surface area contributed by atoms with Crippen LogP contribution in [0.3, 0.4) is 0 Å². The van der Waals surface area contributed by atoms with Crippen LogP contribution in [0.1, 0.15) is 28.5 Å². The van der Waals surface area contributed by atoms with Crippen molar-refractivity contribution in [2.45, 2.75) is 32.5 Å². The van der Waals surface area contributed by atoms with Crippen LogP contribution in [-0.4, -0.2) is 48.6 Å². The highest BCUT2D eigenvalue weighted by atomic mass is 127. The molecule has 0 aliphatic carbocycles. The maximum Gasteiger partial charge on any atom is 0.193 e. The third-order valence-corrected chi connectivity index (χ3v) is 5.28. The van der Waals surface area contributed by atoms with Gasteiger partial charge in [0.25, 0.3) is 0 Å². The maximum atomic E-state index is 13.2. The molecular weight excluding hydrogens is 478 g/mol. The number of rotatable bonds is 4. The van der Waals surface area contributed by atoms with Crippen molar-refractivity contribution in [2.24, 2.45) is 4.99 Å². The van der Waals surface area contributed by atoms with E-state index in [0.29, 0.717) is 6.54 Å². The summed E-state index contributed by atoms with van der Waals surface area (Å²) in [4.78, 5) is 12.3. The molecule has 0 amide bonds. The molecule has 3 rings (SSSR count). The van der Waals surface area contributed by atoms with Crippen LogP contribution in [0.25, 0.3) is 0 Å². The quantitative estimate of drug-likeness (QED) is 0.391. The van der Waals surface area contributed by atoms with E-state index < -0.39 is 0 Å². The molecule has 1 N–H and O–H groups in total. The van der Waals surface area contributed by atoms with E-state index >= 15 is 0 Å². The SMILES string of the molecule is CN=C(NCCc1ncc(C)s1)N1CC(C)OC(c2ccc(F)cc2)C1.I. The van der Waals surface area contributed by atoms with Gasteiger partial charge < -0.3 is 15.0 Å². The Kier molecular flexibility index (Phi) is 8.43. The second-order valence-corrected chi connectivity index (χ2v) is 7.80. The fraction of sp³-hybridized carbons (Fsp3) is 0.474. The number of nitrogens with one attached hydrogen (secondary N) is 1. The monoisotopic (exact) mass is 504 g/mol. The van der Waals surface area contributed by atoms with Gasteiger partial charge in [-0.2, -0.15) is 0 Å². The van der Waals surface area contributed by atoms with Gasteiger partial charge in [0.1, 0.15) is 11.9 Å². The van der Waals surface area contributed by atoms with Gasteiger partial charge in [-0.1, -0.05) is 12.1 Å². The normalized spacial score (nSPS) is 20.3. The number of aliphatic imine (C=N–C) groups is 1. The lowest BCUT2D eigenvalue weighted by Crippen LogP contribution is -2.51. The van der Waals surface area contributed by atoms with Gasteiger partial charge in [-0.15, -0.1) is 35.3 Å². The topological polar surface area (TPSA) is 49.8 Å². The molecule has 1 fully saturated rings. The van der Waals surface area contributed by atoms with Gasteiger partial charge in [0.2, 0.25) is 0 Å². The van der Waals surface area contributed by atoms with Crippen LogP contribution in [-0.2, 0) is 11.2 Å². The van der Waals surface area contributed by atoms with Crippen LogP contribution in [0.2, 0.25) is 0 Å². The summed E-state index contributed by atoms with van der Waals surface area (Å²) in [5.74, 6) is 0.630. The van der Waals surface area contributed by atoms with E-state index in [2.05, 4.69) is 27.1 Å². The molecule has 0 spiro atoms. The molecule has 2 unspecified atom stereocenters. The Morgan fingerprint density at radius 1 is 1.37 bits per heavy atom. The second kappa shape index (κ2) is 10.3. The number of morpholine rings is 1. The fourth-order valence-electron chi connectivity index (χ4n) is 3.12. The number of thiazole rings is 1. The minimum Gasteiger partial charge on any atom is -0.367 e. The van der Waals surface area contributed by atoms with Crippen molar-refractivity contribution >= 4 is 41.3 Å². The van der Waals surface area contributed by atoms with Crippen molar-refractivity contribution in [3.63, 3.8) is 0 Å². The highest BCUT2D eigenvalue weighted by molar-refractivity contribution is 14.0. The number of guanidine groups is 1. The van der Waals surface area contributed by atoms with E-state index in [1.54, 1.807) is 30.5 Å². The second-order valence-electron chi connectivity index (χ2n) is 6.48. The number of benzene rings is 1. The van der Waals surface area contributed by atoms with Crippen molar-refractivity contribution in [3.05, 3.63) is 51.7 Å². The van der Waals surface area contributed by atoms with E-state index in [9.17, 15) is 4.39 Å². The molecule has 1 saturated heterocycles. The molecule has 148 valence electrons. The average Bonchev–Trinajstić information content (AvgIpc) is 3.04. The van der Waals surface area contributed by atoms with Gasteiger partial charge >= 0.3 is 0 Å². The zero-order valence-corrected chi connectivity index (χ0v) is 19.0. The first-order valence-electron chi connectivity index (χ1n) is 8.83. The van der Waals surface area contributed by atoms with Gasteiger partial charge in [0.05, 0.1) is 17.7 Å². The van der Waals surface area contributed by atoms with Gasteiger partial charge in [0.15, 0.2) is 5.96 Å². The highest BCUT2D eigenvalue weighted by Crippen LogP contribution is 2.25. The molecule has 1 aliphatic heterocycles. The number of ether oxygens (including phenoxy) is 1. The third kappa shape index (κ3) is 6.11. The number of halogens is 2. The summed E-state index contributed by atoms with van der Waals surface area (Å²) in [5, 5.41) is 4.56. The smallest absolute Gasteiger partial charge is 0.193 e. The summed E-state index contributed by atoms with van der Waals surface area (Å²) < 4.78 is 19.2.